The van der Waals surface area contributed by atoms with E-state index in [2.05, 4.69) is 74.5 Å². The molecule has 0 aliphatic heterocycles. The van der Waals surface area contributed by atoms with Gasteiger partial charge in [-0.2, -0.15) is 0 Å². The summed E-state index contributed by atoms with van der Waals surface area (Å²) in [4.78, 5) is 3.04. The van der Waals surface area contributed by atoms with Crippen molar-refractivity contribution in [2.75, 3.05) is 0 Å². The van der Waals surface area contributed by atoms with Gasteiger partial charge in [0.05, 0.1) is 0 Å². The Balaban J connectivity index is 1.55. The maximum atomic E-state index is 2.41. The second-order valence-electron chi connectivity index (χ2n) is 9.02. The fraction of sp³-hybridized carbons (Fsp3) is 0.267. The fourth-order valence-electron chi connectivity index (χ4n) is 5.09. The van der Waals surface area contributed by atoms with Gasteiger partial charge in [-0.15, -0.1) is 22.7 Å². The summed E-state index contributed by atoms with van der Waals surface area (Å²) in [5, 5.41) is 11.1. The van der Waals surface area contributed by atoms with Crippen LogP contribution >= 0.6 is 22.7 Å². The van der Waals surface area contributed by atoms with E-state index in [0.717, 1.165) is 0 Å². The van der Waals surface area contributed by atoms with Crippen molar-refractivity contribution in [3.05, 3.63) is 70.4 Å². The van der Waals surface area contributed by atoms with Gasteiger partial charge in [-0.1, -0.05) is 75.2 Å². The van der Waals surface area contributed by atoms with Crippen LogP contribution in [0, 0.1) is 0 Å². The number of unbranched alkanes of at least 4 members (excludes halogenated alkanes) is 2. The van der Waals surface area contributed by atoms with E-state index in [1.54, 1.807) is 0 Å². The summed E-state index contributed by atoms with van der Waals surface area (Å²) in [7, 11) is 0. The van der Waals surface area contributed by atoms with Crippen LogP contribution in [0.5, 0.6) is 0 Å². The first-order chi connectivity index (χ1) is 15.8. The molecule has 0 saturated heterocycles. The molecule has 6 aromatic rings. The van der Waals surface area contributed by atoms with Gasteiger partial charge in [0.2, 0.25) is 0 Å². The van der Waals surface area contributed by atoms with Gasteiger partial charge < -0.3 is 0 Å². The van der Waals surface area contributed by atoms with Gasteiger partial charge in [0.25, 0.3) is 0 Å². The Bertz CT molecular complexity index is 1470. The molecule has 160 valence electrons. The normalized spacial score (nSPS) is 12.2. The highest BCUT2D eigenvalue weighted by atomic mass is 32.1. The molecule has 2 heteroatoms. The Morgan fingerprint density at radius 3 is 1.31 bits per heavy atom. The van der Waals surface area contributed by atoms with Gasteiger partial charge in [-0.25, -0.2) is 0 Å². The van der Waals surface area contributed by atoms with Gasteiger partial charge in [-0.05, 0) is 70.1 Å². The number of hydrogen-bond donors (Lipinski definition) is 0. The molecule has 0 spiro atoms. The van der Waals surface area contributed by atoms with E-state index >= 15 is 0 Å². The van der Waals surface area contributed by atoms with Crippen LogP contribution in [-0.2, 0) is 12.8 Å². The molecule has 2 aromatic heterocycles. The van der Waals surface area contributed by atoms with Crippen molar-refractivity contribution < 1.29 is 0 Å². The summed E-state index contributed by atoms with van der Waals surface area (Å²) < 4.78 is 2.90. The van der Waals surface area contributed by atoms with Gasteiger partial charge in [0.1, 0.15) is 0 Å². The largest absolute Gasteiger partial charge is 0.140 e. The highest BCUT2D eigenvalue weighted by Gasteiger charge is 2.12. The lowest BCUT2D eigenvalue weighted by atomic mass is 9.96. The van der Waals surface area contributed by atoms with Crippen LogP contribution in [0.4, 0.5) is 0 Å². The molecule has 2 heterocycles. The van der Waals surface area contributed by atoms with Gasteiger partial charge in [-0.3, -0.25) is 0 Å². The maximum absolute atomic E-state index is 2.41. The monoisotopic (exact) mass is 452 g/mol. The van der Waals surface area contributed by atoms with Crippen LogP contribution in [-0.4, -0.2) is 0 Å². The first kappa shape index (κ1) is 20.2. The molecule has 0 N–H and O–H groups in total. The predicted molar refractivity (Wildman–Crippen MR) is 147 cm³/mol. The minimum Gasteiger partial charge on any atom is -0.140 e. The molecule has 0 aliphatic rings. The zero-order valence-electron chi connectivity index (χ0n) is 18.8. The van der Waals surface area contributed by atoms with E-state index in [0.29, 0.717) is 0 Å². The molecule has 0 nitrogen and oxygen atoms in total. The maximum Gasteiger partial charge on any atom is 0.0424 e. The quantitative estimate of drug-likeness (QED) is 0.220. The molecule has 0 amide bonds. The van der Waals surface area contributed by atoms with E-state index < -0.39 is 0 Å². The summed E-state index contributed by atoms with van der Waals surface area (Å²) in [6.45, 7) is 4.55. The van der Waals surface area contributed by atoms with Crippen LogP contribution in [0.3, 0.4) is 0 Å². The Labute approximate surface area is 197 Å². The lowest BCUT2D eigenvalue weighted by molar-refractivity contribution is 0.804. The summed E-state index contributed by atoms with van der Waals surface area (Å²) in [6, 6.07) is 23.6. The second kappa shape index (κ2) is 8.17. The minimum absolute atomic E-state index is 1.20. The van der Waals surface area contributed by atoms with Crippen LogP contribution in [0.15, 0.2) is 60.7 Å². The summed E-state index contributed by atoms with van der Waals surface area (Å²) >= 11 is 3.98. The third-order valence-corrected chi connectivity index (χ3v) is 9.30. The molecule has 0 fully saturated rings. The molecule has 0 radical (unpaired) electrons. The average Bonchev–Trinajstić information content (AvgIpc) is 3.44. The highest BCUT2D eigenvalue weighted by molar-refractivity contribution is 7.20. The highest BCUT2D eigenvalue weighted by Crippen LogP contribution is 2.40. The number of rotatable bonds is 6. The van der Waals surface area contributed by atoms with E-state index in [9.17, 15) is 0 Å². The molecule has 0 bridgehead atoms. The van der Waals surface area contributed by atoms with Gasteiger partial charge >= 0.3 is 0 Å². The van der Waals surface area contributed by atoms with E-state index in [-0.39, 0.29) is 0 Å². The van der Waals surface area contributed by atoms with Crippen molar-refractivity contribution in [2.24, 2.45) is 0 Å². The Hall–Kier alpha value is -2.42. The molecular weight excluding hydrogens is 424 g/mol. The van der Waals surface area contributed by atoms with Crippen LogP contribution in [0.25, 0.3) is 52.5 Å². The Morgan fingerprint density at radius 2 is 0.875 bits per heavy atom. The smallest absolute Gasteiger partial charge is 0.0424 e. The minimum atomic E-state index is 1.20. The zero-order valence-corrected chi connectivity index (χ0v) is 20.5. The molecule has 4 aromatic carbocycles. The van der Waals surface area contributed by atoms with Crippen molar-refractivity contribution in [3.63, 3.8) is 0 Å². The first-order valence-corrected chi connectivity index (χ1v) is 13.6. The molecule has 0 atom stereocenters. The van der Waals surface area contributed by atoms with E-state index in [4.69, 9.17) is 0 Å². The number of hydrogen-bond acceptors (Lipinski definition) is 2. The Morgan fingerprint density at radius 1 is 0.500 bits per heavy atom. The first-order valence-electron chi connectivity index (χ1n) is 12.0. The molecular formula is C30H28S2. The van der Waals surface area contributed by atoms with Crippen molar-refractivity contribution in [1.29, 1.82) is 0 Å². The Kier molecular flexibility index (Phi) is 5.16. The molecule has 0 unspecified atom stereocenters. The lowest BCUT2D eigenvalue weighted by Gasteiger charge is -2.09. The SMILES string of the molecule is CCCCc1cc2ccc3c4ccc5c(ccc6cc(CCCC)sc65)c4ccc3c2s1. The number of benzene rings is 4. The fourth-order valence-corrected chi connectivity index (χ4v) is 7.54. The number of thiophene rings is 2. The van der Waals surface area contributed by atoms with Crippen LogP contribution in [0.2, 0.25) is 0 Å². The number of aryl methyl sites for hydroxylation is 2. The molecule has 32 heavy (non-hydrogen) atoms. The van der Waals surface area contributed by atoms with Crippen molar-refractivity contribution in [1.82, 2.24) is 0 Å². The summed E-state index contributed by atoms with van der Waals surface area (Å²) in [5.74, 6) is 0. The van der Waals surface area contributed by atoms with Crippen molar-refractivity contribution >= 4 is 75.2 Å². The van der Waals surface area contributed by atoms with Crippen molar-refractivity contribution in [2.45, 2.75) is 52.4 Å². The molecule has 0 aliphatic carbocycles. The van der Waals surface area contributed by atoms with Gasteiger partial charge in [0.15, 0.2) is 0 Å². The van der Waals surface area contributed by atoms with Gasteiger partial charge in [0, 0.05) is 29.9 Å². The number of fused-ring (bicyclic) bond motifs is 9. The predicted octanol–water partition coefficient (Wildman–Crippen LogP) is 10.3. The second-order valence-corrected chi connectivity index (χ2v) is 11.3. The molecule has 6 rings (SSSR count). The van der Waals surface area contributed by atoms with Crippen molar-refractivity contribution in [3.8, 4) is 0 Å². The molecule has 0 saturated carbocycles. The lowest BCUT2D eigenvalue weighted by Crippen LogP contribution is -1.81. The summed E-state index contributed by atoms with van der Waals surface area (Å²) in [5.41, 5.74) is 0. The topological polar surface area (TPSA) is 0 Å². The zero-order chi connectivity index (χ0) is 21.7. The van der Waals surface area contributed by atoms with E-state index in [1.807, 2.05) is 22.7 Å². The van der Waals surface area contributed by atoms with Crippen LogP contribution in [0.1, 0.15) is 49.3 Å². The van der Waals surface area contributed by atoms with Crippen LogP contribution < -0.4 is 0 Å². The average molecular weight is 453 g/mol. The standard InChI is InChI=1S/C30H28S2/c1-3-5-7-21-17-19-9-11-25-23-14-16-28-26(24(23)13-15-27(25)29(19)31-21)12-10-20-18-22(8-6-4-2)32-30(20)28/h9-18H,3-8H2,1-2H3. The summed E-state index contributed by atoms with van der Waals surface area (Å²) in [6.07, 6.45) is 7.46. The third kappa shape index (κ3) is 3.24. The third-order valence-electron chi connectivity index (χ3n) is 6.81. The van der Waals surface area contributed by atoms with E-state index in [1.165, 1.54) is 101 Å².